The minimum absolute atomic E-state index is 0. The van der Waals surface area contributed by atoms with Gasteiger partial charge >= 0.3 is 58.2 Å². The second-order valence-corrected chi connectivity index (χ2v) is 5.51. The first-order valence-electron chi connectivity index (χ1n) is 4.78. The summed E-state index contributed by atoms with van der Waals surface area (Å²) in [5.41, 5.74) is -0.995. The predicted octanol–water partition coefficient (Wildman–Crippen LogP) is 0.0913. The first-order chi connectivity index (χ1) is 5.61. The Kier molecular flexibility index (Phi) is 11.3. The van der Waals surface area contributed by atoms with E-state index >= 15 is 0 Å². The first-order valence-corrected chi connectivity index (χ1v) is 4.78. The molecule has 0 N–H and O–H groups in total. The average molecular weight is 372 g/mol. The van der Waals surface area contributed by atoms with Crippen LogP contribution < -0.4 is 58.2 Å². The van der Waals surface area contributed by atoms with Gasteiger partial charge in [0.2, 0.25) is 0 Å². The van der Waals surface area contributed by atoms with Crippen LogP contribution in [0.5, 0.6) is 0 Å². The van der Waals surface area contributed by atoms with E-state index in [4.69, 9.17) is 0 Å². The molecule has 1 rings (SSSR count). The van der Waals surface area contributed by atoms with Crippen molar-refractivity contribution in [2.24, 2.45) is 5.41 Å². The van der Waals surface area contributed by atoms with Gasteiger partial charge in [0.05, 0.1) is 0 Å². The van der Waals surface area contributed by atoms with Crippen LogP contribution in [0.15, 0.2) is 0 Å². The van der Waals surface area contributed by atoms with Crippen LogP contribution in [-0.2, 0) is 37.9 Å². The molecule has 1 atom stereocenters. The van der Waals surface area contributed by atoms with E-state index in [1.54, 1.807) is 0 Å². The Bertz CT molecular complexity index is 217. The van der Waals surface area contributed by atoms with E-state index in [-0.39, 0.29) is 109 Å². The zero-order valence-corrected chi connectivity index (χ0v) is 19.7. The molecule has 0 spiro atoms. The third kappa shape index (κ3) is 4.44. The Labute approximate surface area is 176 Å². The van der Waals surface area contributed by atoms with Crippen molar-refractivity contribution in [3.05, 3.63) is 20.8 Å². The van der Waals surface area contributed by atoms with Crippen LogP contribution in [0.3, 0.4) is 0 Å². The van der Waals surface area contributed by atoms with Crippen molar-refractivity contribution in [2.75, 3.05) is 0 Å². The first kappa shape index (κ1) is 23.9. The van der Waals surface area contributed by atoms with E-state index in [9.17, 15) is 5.21 Å². The summed E-state index contributed by atoms with van der Waals surface area (Å²) in [5.74, 6) is 0. The van der Waals surface area contributed by atoms with Gasteiger partial charge in [0, 0.05) is 38.2 Å². The molecule has 0 bridgehead atoms. The zero-order chi connectivity index (χ0) is 10.5. The van der Waals surface area contributed by atoms with Crippen LogP contribution in [0, 0.1) is 26.2 Å². The maximum atomic E-state index is 12.0. The molecule has 0 aromatic carbocycles. The number of hydrogen-bond donors (Lipinski definition) is 0. The summed E-state index contributed by atoms with van der Waals surface area (Å²) in [6, 6.07) is 0. The minimum atomic E-state index is -0.561. The van der Waals surface area contributed by atoms with Gasteiger partial charge in [-0.05, 0) is 13.8 Å². The summed E-state index contributed by atoms with van der Waals surface area (Å²) in [4.78, 5) is 0. The van der Waals surface area contributed by atoms with Crippen molar-refractivity contribution < 1.29 is 96.1 Å². The summed E-state index contributed by atoms with van der Waals surface area (Å²) >= 11 is 0. The van der Waals surface area contributed by atoms with E-state index in [0.717, 1.165) is 11.5 Å². The number of nitrogens with zero attached hydrogens (tertiary/aromatic N) is 1. The van der Waals surface area contributed by atoms with E-state index in [1.807, 2.05) is 20.8 Å². The Morgan fingerprint density at radius 3 is 1.88 bits per heavy atom. The molecule has 1 fully saturated rings. The Balaban J connectivity index is -0.000000563. The van der Waals surface area contributed by atoms with E-state index in [1.165, 1.54) is 0 Å². The fraction of sp³-hybridized carbons (Fsp3) is 0.750. The molecule has 0 amide bonds. The maximum absolute atomic E-state index is 12.0. The summed E-state index contributed by atoms with van der Waals surface area (Å²) in [6.45, 7) is 14.0. The molecule has 0 aliphatic carbocycles. The van der Waals surface area contributed by atoms with Crippen LogP contribution in [-0.4, -0.2) is 16.1 Å². The molecule has 1 heterocycles. The second-order valence-electron chi connectivity index (χ2n) is 5.51. The average Bonchev–Trinajstić information content (AvgIpc) is 1.97. The topological polar surface area (TPSA) is 23.1 Å². The molecule has 1 unspecified atom stereocenters. The Morgan fingerprint density at radius 2 is 1.56 bits per heavy atom. The molecule has 1 aliphatic rings. The van der Waals surface area contributed by atoms with Crippen molar-refractivity contribution in [2.45, 2.75) is 52.1 Å². The zero-order valence-electron chi connectivity index (χ0n) is 11.9. The SMILES string of the molecule is [CH2-]C1(C)N([O])C(C)(C)C[CH-]C1(C)C.[CH3-].[Rb+].[Y]. The fourth-order valence-corrected chi connectivity index (χ4v) is 1.74. The fourth-order valence-electron chi connectivity index (χ4n) is 1.74. The molecular formula is C12H23NORbY-2. The molecule has 88 valence electrons. The minimum Gasteiger partial charge on any atom is -0.358 e. The molecule has 0 saturated carbocycles. The normalized spacial score (nSPS) is 31.7. The predicted molar refractivity (Wildman–Crippen MR) is 59.5 cm³/mol. The number of hydroxylamine groups is 2. The van der Waals surface area contributed by atoms with E-state index in [2.05, 4.69) is 27.2 Å². The molecule has 2 nitrogen and oxygen atoms in total. The maximum Gasteiger partial charge on any atom is 1.00 e. The van der Waals surface area contributed by atoms with Gasteiger partial charge in [-0.3, -0.25) is 0 Å². The van der Waals surface area contributed by atoms with Gasteiger partial charge in [0.15, 0.2) is 0 Å². The smallest absolute Gasteiger partial charge is 0.358 e. The van der Waals surface area contributed by atoms with Crippen molar-refractivity contribution in [3.8, 4) is 0 Å². The summed E-state index contributed by atoms with van der Waals surface area (Å²) < 4.78 is 0. The summed E-state index contributed by atoms with van der Waals surface area (Å²) in [7, 11) is 0. The molecule has 1 aliphatic heterocycles. The van der Waals surface area contributed by atoms with Gasteiger partial charge in [0.1, 0.15) is 0 Å². The number of piperidine rings is 1. The van der Waals surface area contributed by atoms with E-state index in [0.29, 0.717) is 0 Å². The molecule has 2 radical (unpaired) electrons. The van der Waals surface area contributed by atoms with Crippen molar-refractivity contribution in [1.29, 1.82) is 0 Å². The quantitative estimate of drug-likeness (QED) is 0.554. The van der Waals surface area contributed by atoms with Gasteiger partial charge in [-0.1, -0.05) is 26.3 Å². The molecule has 0 aromatic heterocycles. The van der Waals surface area contributed by atoms with Gasteiger partial charge in [0.25, 0.3) is 0 Å². The number of hydrogen-bond acceptors (Lipinski definition) is 1. The van der Waals surface area contributed by atoms with Crippen molar-refractivity contribution in [3.63, 3.8) is 0 Å². The second kappa shape index (κ2) is 7.57. The Hall–Kier alpha value is 2.83. The third-order valence-corrected chi connectivity index (χ3v) is 3.50. The molecule has 0 aromatic rings. The van der Waals surface area contributed by atoms with Crippen LogP contribution in [0.4, 0.5) is 0 Å². The van der Waals surface area contributed by atoms with E-state index < -0.39 is 5.54 Å². The van der Waals surface area contributed by atoms with Crippen LogP contribution in [0.25, 0.3) is 0 Å². The molecule has 4 heteroatoms. The summed E-state index contributed by atoms with van der Waals surface area (Å²) in [6.07, 6.45) is 3.04. The van der Waals surface area contributed by atoms with Gasteiger partial charge in [-0.2, -0.15) is 16.9 Å². The van der Waals surface area contributed by atoms with Crippen molar-refractivity contribution in [1.82, 2.24) is 5.06 Å². The van der Waals surface area contributed by atoms with Gasteiger partial charge in [-0.25, -0.2) is 0 Å². The van der Waals surface area contributed by atoms with Crippen LogP contribution in [0.2, 0.25) is 0 Å². The summed E-state index contributed by atoms with van der Waals surface area (Å²) in [5, 5.41) is 13.2. The van der Waals surface area contributed by atoms with Gasteiger partial charge in [-0.15, -0.1) is 5.21 Å². The van der Waals surface area contributed by atoms with Crippen LogP contribution in [0.1, 0.15) is 41.0 Å². The monoisotopic (exact) mass is 371 g/mol. The molecular weight excluding hydrogens is 349 g/mol. The largest absolute Gasteiger partial charge is 1.00 e. The third-order valence-electron chi connectivity index (χ3n) is 3.50. The molecule has 1 saturated heterocycles. The van der Waals surface area contributed by atoms with Crippen LogP contribution >= 0.6 is 0 Å². The standard InChI is InChI=1S/C11H20NO.CH3.Rb.Y/c1-9(2)7-8-10(3,4)12(13)11(9,5)6;;;/h7H,5,8H2,1-4,6H3;1H3;;/q-2;-1;+1;. The Morgan fingerprint density at radius 1 is 1.19 bits per heavy atom. The number of rotatable bonds is 0. The van der Waals surface area contributed by atoms with Crippen molar-refractivity contribution >= 4 is 0 Å². The van der Waals surface area contributed by atoms with Gasteiger partial charge < -0.3 is 20.8 Å². The molecule has 16 heavy (non-hydrogen) atoms.